The molecule has 0 aliphatic carbocycles. The van der Waals surface area contributed by atoms with E-state index in [0.29, 0.717) is 0 Å². The van der Waals surface area contributed by atoms with Gasteiger partial charge in [-0.05, 0) is 30.4 Å². The standard InChI is InChI=1S/C12H19N3/c1-9-5-10(2)8-15(7-9)12-4-3-11(13)6-14-12/h3-4,6,9-10H,5,7-8,13H2,1-2H3/t9-,10+. The quantitative estimate of drug-likeness (QED) is 0.763. The second-order valence-electron chi connectivity index (χ2n) is 4.80. The predicted molar refractivity (Wildman–Crippen MR) is 63.8 cm³/mol. The first-order chi connectivity index (χ1) is 7.15. The van der Waals surface area contributed by atoms with Gasteiger partial charge in [-0.25, -0.2) is 4.98 Å². The van der Waals surface area contributed by atoms with Crippen LogP contribution in [0.3, 0.4) is 0 Å². The SMILES string of the molecule is C[C@@H]1C[C@H](C)CN(c2ccc(N)cn2)C1. The Hall–Kier alpha value is -1.25. The van der Waals surface area contributed by atoms with Crippen molar-refractivity contribution in [2.45, 2.75) is 20.3 Å². The van der Waals surface area contributed by atoms with Crippen LogP contribution in [0.25, 0.3) is 0 Å². The fraction of sp³-hybridized carbons (Fsp3) is 0.583. The van der Waals surface area contributed by atoms with Gasteiger partial charge in [0.1, 0.15) is 5.82 Å². The van der Waals surface area contributed by atoms with Gasteiger partial charge in [0.15, 0.2) is 0 Å². The lowest BCUT2D eigenvalue weighted by molar-refractivity contribution is 0.355. The average Bonchev–Trinajstić information content (AvgIpc) is 2.17. The second kappa shape index (κ2) is 4.09. The molecule has 0 saturated carbocycles. The molecule has 15 heavy (non-hydrogen) atoms. The number of anilines is 2. The molecule has 82 valence electrons. The van der Waals surface area contributed by atoms with E-state index >= 15 is 0 Å². The molecule has 1 fully saturated rings. The Labute approximate surface area is 91.3 Å². The molecule has 2 atom stereocenters. The maximum atomic E-state index is 5.63. The van der Waals surface area contributed by atoms with E-state index in [1.807, 2.05) is 12.1 Å². The molecule has 1 aliphatic rings. The van der Waals surface area contributed by atoms with Gasteiger partial charge in [0.2, 0.25) is 0 Å². The van der Waals surface area contributed by atoms with Gasteiger partial charge in [-0.15, -0.1) is 0 Å². The lowest BCUT2D eigenvalue weighted by Crippen LogP contribution is -2.39. The summed E-state index contributed by atoms with van der Waals surface area (Å²) in [6.45, 7) is 6.84. The maximum Gasteiger partial charge on any atom is 0.128 e. The van der Waals surface area contributed by atoms with Crippen LogP contribution >= 0.6 is 0 Å². The van der Waals surface area contributed by atoms with Gasteiger partial charge in [-0.3, -0.25) is 0 Å². The van der Waals surface area contributed by atoms with Crippen LogP contribution in [0, 0.1) is 11.8 Å². The van der Waals surface area contributed by atoms with Crippen molar-refractivity contribution in [2.75, 3.05) is 23.7 Å². The molecular weight excluding hydrogens is 186 g/mol. The van der Waals surface area contributed by atoms with Gasteiger partial charge in [0.05, 0.1) is 11.9 Å². The van der Waals surface area contributed by atoms with Crippen molar-refractivity contribution in [3.05, 3.63) is 18.3 Å². The molecule has 0 aromatic carbocycles. The highest BCUT2D eigenvalue weighted by molar-refractivity contribution is 5.46. The molecule has 0 bridgehead atoms. The minimum Gasteiger partial charge on any atom is -0.397 e. The third kappa shape index (κ3) is 2.41. The van der Waals surface area contributed by atoms with Crippen LogP contribution in [0.4, 0.5) is 11.5 Å². The highest BCUT2D eigenvalue weighted by Crippen LogP contribution is 2.24. The highest BCUT2D eigenvalue weighted by atomic mass is 15.2. The van der Waals surface area contributed by atoms with Crippen LogP contribution < -0.4 is 10.6 Å². The minimum absolute atomic E-state index is 0.733. The Balaban J connectivity index is 2.12. The van der Waals surface area contributed by atoms with Crippen molar-refractivity contribution in [3.8, 4) is 0 Å². The van der Waals surface area contributed by atoms with E-state index in [2.05, 4.69) is 23.7 Å². The number of piperidine rings is 1. The number of rotatable bonds is 1. The summed E-state index contributed by atoms with van der Waals surface area (Å²) in [4.78, 5) is 6.73. The fourth-order valence-electron chi connectivity index (χ4n) is 2.43. The van der Waals surface area contributed by atoms with Gasteiger partial charge in [-0.1, -0.05) is 13.8 Å². The molecule has 0 unspecified atom stereocenters. The Bertz CT molecular complexity index is 310. The van der Waals surface area contributed by atoms with Crippen molar-refractivity contribution in [1.82, 2.24) is 4.98 Å². The normalized spacial score (nSPS) is 26.7. The number of aromatic nitrogens is 1. The molecule has 1 aromatic heterocycles. The predicted octanol–water partition coefficient (Wildman–Crippen LogP) is 2.15. The second-order valence-corrected chi connectivity index (χ2v) is 4.80. The Morgan fingerprint density at radius 3 is 2.47 bits per heavy atom. The minimum atomic E-state index is 0.733. The van der Waals surface area contributed by atoms with Crippen LogP contribution in [0.5, 0.6) is 0 Å². The van der Waals surface area contributed by atoms with Gasteiger partial charge < -0.3 is 10.6 Å². The van der Waals surface area contributed by atoms with Crippen molar-refractivity contribution < 1.29 is 0 Å². The van der Waals surface area contributed by atoms with E-state index in [0.717, 1.165) is 36.4 Å². The molecule has 1 aliphatic heterocycles. The molecule has 2 N–H and O–H groups in total. The zero-order valence-electron chi connectivity index (χ0n) is 9.48. The van der Waals surface area contributed by atoms with Crippen LogP contribution in [0.15, 0.2) is 18.3 Å². The van der Waals surface area contributed by atoms with Crippen LogP contribution in [-0.2, 0) is 0 Å². The third-order valence-corrected chi connectivity index (χ3v) is 2.96. The van der Waals surface area contributed by atoms with E-state index in [1.54, 1.807) is 6.20 Å². The fourth-order valence-corrected chi connectivity index (χ4v) is 2.43. The van der Waals surface area contributed by atoms with Crippen molar-refractivity contribution in [2.24, 2.45) is 11.8 Å². The average molecular weight is 205 g/mol. The number of nitrogens with zero attached hydrogens (tertiary/aromatic N) is 2. The summed E-state index contributed by atoms with van der Waals surface area (Å²) in [5.74, 6) is 2.57. The zero-order chi connectivity index (χ0) is 10.8. The van der Waals surface area contributed by atoms with Crippen LogP contribution in [0.1, 0.15) is 20.3 Å². The molecule has 0 spiro atoms. The topological polar surface area (TPSA) is 42.1 Å². The van der Waals surface area contributed by atoms with E-state index in [4.69, 9.17) is 5.73 Å². The number of pyridine rings is 1. The van der Waals surface area contributed by atoms with Crippen LogP contribution in [0.2, 0.25) is 0 Å². The summed E-state index contributed by atoms with van der Waals surface area (Å²) in [6, 6.07) is 3.94. The first kappa shape index (κ1) is 10.3. The lowest BCUT2D eigenvalue weighted by atomic mass is 9.92. The molecule has 1 saturated heterocycles. The van der Waals surface area contributed by atoms with Gasteiger partial charge in [0.25, 0.3) is 0 Å². The van der Waals surface area contributed by atoms with Crippen LogP contribution in [-0.4, -0.2) is 18.1 Å². The summed E-state index contributed by atoms with van der Waals surface area (Å²) >= 11 is 0. The Morgan fingerprint density at radius 2 is 1.93 bits per heavy atom. The lowest BCUT2D eigenvalue weighted by Gasteiger charge is -2.35. The van der Waals surface area contributed by atoms with Gasteiger partial charge in [-0.2, -0.15) is 0 Å². The summed E-state index contributed by atoms with van der Waals surface area (Å²) in [5.41, 5.74) is 6.36. The first-order valence-corrected chi connectivity index (χ1v) is 5.61. The molecule has 2 heterocycles. The molecule has 3 nitrogen and oxygen atoms in total. The first-order valence-electron chi connectivity index (χ1n) is 5.61. The summed E-state index contributed by atoms with van der Waals surface area (Å²) in [5, 5.41) is 0. The Morgan fingerprint density at radius 1 is 1.27 bits per heavy atom. The van der Waals surface area contributed by atoms with Crippen molar-refractivity contribution in [1.29, 1.82) is 0 Å². The zero-order valence-corrected chi connectivity index (χ0v) is 9.48. The number of hydrogen-bond donors (Lipinski definition) is 1. The molecular formula is C12H19N3. The largest absolute Gasteiger partial charge is 0.397 e. The summed E-state index contributed by atoms with van der Waals surface area (Å²) in [7, 11) is 0. The molecule has 2 rings (SSSR count). The maximum absolute atomic E-state index is 5.63. The molecule has 0 amide bonds. The summed E-state index contributed by atoms with van der Waals surface area (Å²) in [6.07, 6.45) is 3.06. The van der Waals surface area contributed by atoms with E-state index in [9.17, 15) is 0 Å². The van der Waals surface area contributed by atoms with E-state index in [1.165, 1.54) is 6.42 Å². The van der Waals surface area contributed by atoms with E-state index in [-0.39, 0.29) is 0 Å². The highest BCUT2D eigenvalue weighted by Gasteiger charge is 2.22. The molecule has 0 radical (unpaired) electrons. The number of hydrogen-bond acceptors (Lipinski definition) is 3. The third-order valence-electron chi connectivity index (χ3n) is 2.96. The summed E-state index contributed by atoms with van der Waals surface area (Å²) < 4.78 is 0. The van der Waals surface area contributed by atoms with Gasteiger partial charge >= 0.3 is 0 Å². The monoisotopic (exact) mass is 205 g/mol. The van der Waals surface area contributed by atoms with Gasteiger partial charge in [0, 0.05) is 13.1 Å². The smallest absolute Gasteiger partial charge is 0.128 e. The number of nitrogen functional groups attached to an aromatic ring is 1. The van der Waals surface area contributed by atoms with Crippen molar-refractivity contribution in [3.63, 3.8) is 0 Å². The van der Waals surface area contributed by atoms with Crippen molar-refractivity contribution >= 4 is 11.5 Å². The van der Waals surface area contributed by atoms with E-state index < -0.39 is 0 Å². The number of nitrogens with two attached hydrogens (primary N) is 1. The molecule has 3 heteroatoms. The Kier molecular flexibility index (Phi) is 2.80. The molecule has 1 aromatic rings.